The van der Waals surface area contributed by atoms with E-state index >= 15 is 0 Å². The van der Waals surface area contributed by atoms with Crippen LogP contribution in [-0.4, -0.2) is 16.5 Å². The van der Waals surface area contributed by atoms with Gasteiger partial charge in [0, 0.05) is 5.56 Å². The normalized spacial score (nSPS) is 10.9. The van der Waals surface area contributed by atoms with Crippen LogP contribution < -0.4 is 0 Å². The van der Waals surface area contributed by atoms with Gasteiger partial charge in [-0.25, -0.2) is 0 Å². The van der Waals surface area contributed by atoms with Gasteiger partial charge >= 0.3 is 0 Å². The van der Waals surface area contributed by atoms with Crippen LogP contribution in [0.2, 0.25) is 0 Å². The van der Waals surface area contributed by atoms with Crippen LogP contribution in [0, 0.1) is 0 Å². The Morgan fingerprint density at radius 3 is 2.48 bits per heavy atom. The molecule has 0 radical (unpaired) electrons. The minimum atomic E-state index is -0.0301. The van der Waals surface area contributed by atoms with E-state index in [0.29, 0.717) is 11.5 Å². The minimum absolute atomic E-state index is 0.0301. The molecule has 0 atom stereocenters. The van der Waals surface area contributed by atoms with Gasteiger partial charge in [0.1, 0.15) is 0 Å². The lowest BCUT2D eigenvalue weighted by Crippen LogP contribution is -2.00. The Bertz CT molecular complexity index is 647. The van der Waals surface area contributed by atoms with Crippen LogP contribution in [-0.2, 0) is 6.61 Å². The fourth-order valence-electron chi connectivity index (χ4n) is 2.37. The zero-order valence-electron chi connectivity index (χ0n) is 12.6. The molecular weight excluding hydrogens is 280 g/mol. The predicted molar refractivity (Wildman–Crippen MR) is 89.7 cm³/mol. The number of rotatable bonds is 4. The summed E-state index contributed by atoms with van der Waals surface area (Å²) in [5.74, 6) is 0.410. The molecule has 0 aliphatic rings. The molecule has 2 aromatic rings. The zero-order valence-corrected chi connectivity index (χ0v) is 13.4. The van der Waals surface area contributed by atoms with Crippen molar-refractivity contribution in [2.75, 3.05) is 6.26 Å². The van der Waals surface area contributed by atoms with Crippen LogP contribution in [0.15, 0.2) is 42.5 Å². The van der Waals surface area contributed by atoms with Crippen LogP contribution in [0.4, 0.5) is 0 Å². The average molecular weight is 300 g/mol. The molecule has 2 rings (SSSR count). The lowest BCUT2D eigenvalue weighted by atomic mass is 9.92. The molecule has 0 saturated carbocycles. The van der Waals surface area contributed by atoms with Gasteiger partial charge in [0.05, 0.1) is 6.61 Å². The highest BCUT2D eigenvalue weighted by Gasteiger charge is 2.14. The van der Waals surface area contributed by atoms with Crippen molar-refractivity contribution in [1.29, 1.82) is 0 Å². The molecule has 2 nitrogen and oxygen atoms in total. The number of hydrogen-bond acceptors (Lipinski definition) is 3. The number of aliphatic hydroxyl groups excluding tert-OH is 1. The maximum absolute atomic E-state index is 12.1. The van der Waals surface area contributed by atoms with Gasteiger partial charge in [0.2, 0.25) is 5.12 Å². The molecule has 0 unspecified atom stereocenters. The van der Waals surface area contributed by atoms with Crippen molar-refractivity contribution in [3.63, 3.8) is 0 Å². The molecule has 0 saturated heterocycles. The topological polar surface area (TPSA) is 37.3 Å². The van der Waals surface area contributed by atoms with Crippen molar-refractivity contribution in [3.8, 4) is 11.1 Å². The number of benzene rings is 2. The summed E-state index contributed by atoms with van der Waals surface area (Å²) in [6.45, 7) is 4.22. The molecule has 0 aromatic heterocycles. The summed E-state index contributed by atoms with van der Waals surface area (Å²) in [6.07, 6.45) is 1.79. The van der Waals surface area contributed by atoms with E-state index in [2.05, 4.69) is 19.9 Å². The van der Waals surface area contributed by atoms with Gasteiger partial charge in [-0.1, -0.05) is 62.0 Å². The Balaban J connectivity index is 2.59. The van der Waals surface area contributed by atoms with E-state index in [0.717, 1.165) is 16.7 Å². The van der Waals surface area contributed by atoms with Crippen LogP contribution in [0.3, 0.4) is 0 Å². The molecule has 0 spiro atoms. The monoisotopic (exact) mass is 300 g/mol. The van der Waals surface area contributed by atoms with Crippen molar-refractivity contribution < 1.29 is 9.90 Å². The first-order valence-electron chi connectivity index (χ1n) is 7.00. The fraction of sp³-hybridized carbons (Fsp3) is 0.278. The third-order valence-electron chi connectivity index (χ3n) is 3.59. The first-order chi connectivity index (χ1) is 10.1. The van der Waals surface area contributed by atoms with Crippen LogP contribution in [0.25, 0.3) is 11.1 Å². The van der Waals surface area contributed by atoms with E-state index in [4.69, 9.17) is 0 Å². The maximum atomic E-state index is 12.1. The van der Waals surface area contributed by atoms with Gasteiger partial charge < -0.3 is 5.11 Å². The smallest absolute Gasteiger partial charge is 0.219 e. The summed E-state index contributed by atoms with van der Waals surface area (Å²) in [4.78, 5) is 12.1. The molecule has 110 valence electrons. The Kier molecular flexibility index (Phi) is 5.21. The summed E-state index contributed by atoms with van der Waals surface area (Å²) in [7, 11) is 0. The molecule has 2 aromatic carbocycles. The van der Waals surface area contributed by atoms with Gasteiger partial charge in [0.15, 0.2) is 0 Å². The van der Waals surface area contributed by atoms with Crippen LogP contribution >= 0.6 is 11.8 Å². The van der Waals surface area contributed by atoms with E-state index in [-0.39, 0.29) is 11.7 Å². The highest BCUT2D eigenvalue weighted by molar-refractivity contribution is 8.13. The molecule has 0 amide bonds. The molecule has 0 heterocycles. The predicted octanol–water partition coefficient (Wildman–Crippen LogP) is 4.47. The van der Waals surface area contributed by atoms with E-state index in [1.54, 1.807) is 6.26 Å². The summed E-state index contributed by atoms with van der Waals surface area (Å²) in [6, 6.07) is 13.7. The third-order valence-corrected chi connectivity index (χ3v) is 4.18. The van der Waals surface area contributed by atoms with E-state index < -0.39 is 0 Å². The standard InChI is InChI=1S/C18H20O2S/c1-12(2)13-8-9-15(14(10-13)11-19)16-6-4-5-7-17(16)18(20)21-3/h4-10,12,19H,11H2,1-3H3. The maximum Gasteiger partial charge on any atom is 0.219 e. The first kappa shape index (κ1) is 15.8. The third kappa shape index (κ3) is 3.36. The Labute approximate surface area is 130 Å². The minimum Gasteiger partial charge on any atom is -0.392 e. The molecule has 0 aliphatic carbocycles. The molecule has 21 heavy (non-hydrogen) atoms. The fourth-order valence-corrected chi connectivity index (χ4v) is 2.77. The van der Waals surface area contributed by atoms with Crippen LogP contribution in [0.5, 0.6) is 0 Å². The van der Waals surface area contributed by atoms with Crippen molar-refractivity contribution >= 4 is 16.9 Å². The lowest BCUT2D eigenvalue weighted by molar-refractivity contribution is 0.109. The van der Waals surface area contributed by atoms with E-state index in [1.807, 2.05) is 36.4 Å². The van der Waals surface area contributed by atoms with Crippen LogP contribution in [0.1, 0.15) is 41.3 Å². The second-order valence-corrected chi connectivity index (χ2v) is 6.05. The van der Waals surface area contributed by atoms with Crippen molar-refractivity contribution in [3.05, 3.63) is 59.2 Å². The van der Waals surface area contributed by atoms with E-state index in [1.165, 1.54) is 17.3 Å². The molecular formula is C18H20O2S. The van der Waals surface area contributed by atoms with Crippen molar-refractivity contribution in [2.24, 2.45) is 0 Å². The van der Waals surface area contributed by atoms with Gasteiger partial charge in [0.25, 0.3) is 0 Å². The number of carbonyl (C=O) groups excluding carboxylic acids is 1. The molecule has 3 heteroatoms. The highest BCUT2D eigenvalue weighted by Crippen LogP contribution is 2.31. The summed E-state index contributed by atoms with van der Waals surface area (Å²) < 4.78 is 0. The first-order valence-corrected chi connectivity index (χ1v) is 8.22. The van der Waals surface area contributed by atoms with Gasteiger partial charge in [-0.3, -0.25) is 4.79 Å². The molecule has 0 bridgehead atoms. The highest BCUT2D eigenvalue weighted by atomic mass is 32.2. The van der Waals surface area contributed by atoms with Gasteiger partial charge in [-0.15, -0.1) is 0 Å². The Morgan fingerprint density at radius 1 is 1.14 bits per heavy atom. The number of thioether (sulfide) groups is 1. The summed E-state index contributed by atoms with van der Waals surface area (Å²) in [5.41, 5.74) is 4.56. The van der Waals surface area contributed by atoms with Gasteiger partial charge in [-0.2, -0.15) is 0 Å². The van der Waals surface area contributed by atoms with Crippen molar-refractivity contribution in [1.82, 2.24) is 0 Å². The second-order valence-electron chi connectivity index (χ2n) is 5.27. The van der Waals surface area contributed by atoms with Gasteiger partial charge in [-0.05, 0) is 40.5 Å². The summed E-state index contributed by atoms with van der Waals surface area (Å²) in [5, 5.41) is 9.73. The lowest BCUT2D eigenvalue weighted by Gasteiger charge is -2.14. The molecule has 0 aliphatic heterocycles. The Hall–Kier alpha value is -1.58. The second kappa shape index (κ2) is 6.92. The average Bonchev–Trinajstić information content (AvgIpc) is 2.53. The van der Waals surface area contributed by atoms with Crippen molar-refractivity contribution in [2.45, 2.75) is 26.4 Å². The number of aliphatic hydroxyl groups is 1. The van der Waals surface area contributed by atoms with E-state index in [9.17, 15) is 9.90 Å². The summed E-state index contributed by atoms with van der Waals surface area (Å²) >= 11 is 1.21. The molecule has 1 N–H and O–H groups in total. The SMILES string of the molecule is CSC(=O)c1ccccc1-c1ccc(C(C)C)cc1CO. The quantitative estimate of drug-likeness (QED) is 0.905. The number of hydrogen-bond donors (Lipinski definition) is 1. The molecule has 0 fully saturated rings. The Morgan fingerprint density at radius 2 is 1.86 bits per heavy atom. The zero-order chi connectivity index (χ0) is 15.4. The largest absolute Gasteiger partial charge is 0.392 e. The number of carbonyl (C=O) groups is 1.